The average Bonchev–Trinajstić information content (AvgIpc) is 2.37. The third-order valence-corrected chi connectivity index (χ3v) is 5.16. The van der Waals surface area contributed by atoms with Crippen LogP contribution in [0.4, 0.5) is 0 Å². The van der Waals surface area contributed by atoms with Crippen LogP contribution in [0.25, 0.3) is 0 Å². The first-order valence-corrected chi connectivity index (χ1v) is 8.55. The largest absolute Gasteiger partial charge is 0.478 e. The Kier molecular flexibility index (Phi) is 4.49. The summed E-state index contributed by atoms with van der Waals surface area (Å²) >= 11 is 3.18. The second-order valence-corrected chi connectivity index (χ2v) is 7.57. The van der Waals surface area contributed by atoms with Gasteiger partial charge >= 0.3 is 5.97 Å². The monoisotopic (exact) mass is 368 g/mol. The number of sulfone groups is 1. The van der Waals surface area contributed by atoms with Crippen molar-refractivity contribution in [3.8, 4) is 0 Å². The molecule has 0 bridgehead atoms. The van der Waals surface area contributed by atoms with Gasteiger partial charge in [-0.15, -0.1) is 0 Å². The third kappa shape index (κ3) is 3.71. The van der Waals surface area contributed by atoms with Crippen molar-refractivity contribution < 1.29 is 18.3 Å². The fourth-order valence-corrected chi connectivity index (χ4v) is 4.11. The van der Waals surface area contributed by atoms with Crippen LogP contribution < -0.4 is 0 Å². The highest BCUT2D eigenvalue weighted by Crippen LogP contribution is 2.25. The molecule has 2 aromatic carbocycles. The Balaban J connectivity index is 2.49. The molecule has 0 fully saturated rings. The first kappa shape index (κ1) is 15.7. The molecule has 0 heterocycles. The number of rotatable bonds is 4. The highest BCUT2D eigenvalue weighted by molar-refractivity contribution is 9.10. The number of carbonyl (C=O) groups is 1. The molecule has 0 radical (unpaired) electrons. The molecule has 0 aliphatic carbocycles. The SMILES string of the molecule is Cc1cccc(CS(=O)(=O)c2cc(Br)ccc2C(=O)O)c1. The van der Waals surface area contributed by atoms with Crippen molar-refractivity contribution in [2.24, 2.45) is 0 Å². The van der Waals surface area contributed by atoms with Crippen molar-refractivity contribution in [1.29, 1.82) is 0 Å². The maximum Gasteiger partial charge on any atom is 0.337 e. The summed E-state index contributed by atoms with van der Waals surface area (Å²) in [5.74, 6) is -1.49. The molecule has 1 N–H and O–H groups in total. The smallest absolute Gasteiger partial charge is 0.337 e. The van der Waals surface area contributed by atoms with E-state index in [1.54, 1.807) is 18.2 Å². The maximum atomic E-state index is 12.5. The van der Waals surface area contributed by atoms with Gasteiger partial charge in [-0.3, -0.25) is 0 Å². The van der Waals surface area contributed by atoms with Crippen LogP contribution in [0.3, 0.4) is 0 Å². The van der Waals surface area contributed by atoms with Crippen LogP contribution in [0.1, 0.15) is 21.5 Å². The van der Waals surface area contributed by atoms with Crippen molar-refractivity contribution in [2.75, 3.05) is 0 Å². The molecular formula is C15H13BrO4S. The molecule has 21 heavy (non-hydrogen) atoms. The minimum absolute atomic E-state index is 0.175. The van der Waals surface area contributed by atoms with Crippen molar-refractivity contribution >= 4 is 31.7 Å². The molecule has 0 amide bonds. The topological polar surface area (TPSA) is 71.4 Å². The first-order chi connectivity index (χ1) is 9.79. The summed E-state index contributed by atoms with van der Waals surface area (Å²) in [5.41, 5.74) is 1.37. The first-order valence-electron chi connectivity index (χ1n) is 6.11. The number of hydrogen-bond acceptors (Lipinski definition) is 3. The summed E-state index contributed by atoms with van der Waals surface area (Å²) in [4.78, 5) is 11.0. The summed E-state index contributed by atoms with van der Waals surface area (Å²) in [6.45, 7) is 1.87. The third-order valence-electron chi connectivity index (χ3n) is 2.95. The average molecular weight is 369 g/mol. The highest BCUT2D eigenvalue weighted by atomic mass is 79.9. The van der Waals surface area contributed by atoms with Gasteiger partial charge in [-0.05, 0) is 30.7 Å². The van der Waals surface area contributed by atoms with E-state index in [0.717, 1.165) is 5.56 Å². The molecule has 0 saturated carbocycles. The summed E-state index contributed by atoms with van der Waals surface area (Å²) in [6.07, 6.45) is 0. The van der Waals surface area contributed by atoms with Gasteiger partial charge in [0.15, 0.2) is 9.84 Å². The van der Waals surface area contributed by atoms with Crippen LogP contribution in [-0.2, 0) is 15.6 Å². The van der Waals surface area contributed by atoms with E-state index in [2.05, 4.69) is 15.9 Å². The zero-order valence-corrected chi connectivity index (χ0v) is 13.6. The van der Waals surface area contributed by atoms with E-state index < -0.39 is 15.8 Å². The number of halogens is 1. The Labute approximate surface area is 131 Å². The van der Waals surface area contributed by atoms with Crippen molar-refractivity contribution in [3.05, 3.63) is 63.6 Å². The fraction of sp³-hybridized carbons (Fsp3) is 0.133. The van der Waals surface area contributed by atoms with Crippen LogP contribution in [0.5, 0.6) is 0 Å². The molecule has 0 unspecified atom stereocenters. The van der Waals surface area contributed by atoms with Gasteiger partial charge in [-0.25, -0.2) is 13.2 Å². The van der Waals surface area contributed by atoms with Gasteiger partial charge < -0.3 is 5.11 Å². The Morgan fingerprint density at radius 1 is 1.19 bits per heavy atom. The molecular weight excluding hydrogens is 356 g/mol. The highest BCUT2D eigenvalue weighted by Gasteiger charge is 2.23. The molecule has 4 nitrogen and oxygen atoms in total. The zero-order chi connectivity index (χ0) is 15.6. The quantitative estimate of drug-likeness (QED) is 0.896. The van der Waals surface area contributed by atoms with Gasteiger partial charge in [-0.2, -0.15) is 0 Å². The summed E-state index contributed by atoms with van der Waals surface area (Å²) in [6, 6.07) is 11.3. The van der Waals surface area contributed by atoms with Crippen molar-refractivity contribution in [2.45, 2.75) is 17.6 Å². The van der Waals surface area contributed by atoms with Crippen LogP contribution in [0, 0.1) is 6.92 Å². The van der Waals surface area contributed by atoms with Gasteiger partial charge in [-0.1, -0.05) is 45.8 Å². The summed E-state index contributed by atoms with van der Waals surface area (Å²) < 4.78 is 25.5. The lowest BCUT2D eigenvalue weighted by Gasteiger charge is -2.09. The molecule has 6 heteroatoms. The van der Waals surface area contributed by atoms with E-state index in [9.17, 15) is 13.2 Å². The lowest BCUT2D eigenvalue weighted by Crippen LogP contribution is -2.11. The van der Waals surface area contributed by atoms with Gasteiger partial charge in [0.2, 0.25) is 0 Å². The second-order valence-electron chi connectivity index (χ2n) is 4.69. The number of aryl methyl sites for hydroxylation is 1. The minimum atomic E-state index is -3.74. The number of carboxylic acid groups (broad SMARTS) is 1. The Bertz CT molecular complexity index is 797. The number of carboxylic acids is 1. The lowest BCUT2D eigenvalue weighted by atomic mass is 10.2. The van der Waals surface area contributed by atoms with Gasteiger partial charge in [0, 0.05) is 4.47 Å². The van der Waals surface area contributed by atoms with Crippen LogP contribution in [0.15, 0.2) is 51.8 Å². The molecule has 0 spiro atoms. The molecule has 0 aromatic heterocycles. The van der Waals surface area contributed by atoms with Gasteiger partial charge in [0.25, 0.3) is 0 Å². The lowest BCUT2D eigenvalue weighted by molar-refractivity contribution is 0.0692. The zero-order valence-electron chi connectivity index (χ0n) is 11.2. The predicted octanol–water partition coefficient (Wildman–Crippen LogP) is 3.43. The van der Waals surface area contributed by atoms with Crippen LogP contribution in [-0.4, -0.2) is 19.5 Å². The van der Waals surface area contributed by atoms with E-state index in [-0.39, 0.29) is 16.2 Å². The Morgan fingerprint density at radius 2 is 1.90 bits per heavy atom. The van der Waals surface area contributed by atoms with Crippen LogP contribution in [0.2, 0.25) is 0 Å². The van der Waals surface area contributed by atoms with Gasteiger partial charge in [0.1, 0.15) is 0 Å². The Hall–Kier alpha value is -1.66. The molecule has 0 aliphatic rings. The van der Waals surface area contributed by atoms with E-state index in [0.29, 0.717) is 10.0 Å². The minimum Gasteiger partial charge on any atom is -0.478 e. The standard InChI is InChI=1S/C15H13BrO4S/c1-10-3-2-4-11(7-10)9-21(19,20)14-8-12(16)5-6-13(14)15(17)18/h2-8H,9H2,1H3,(H,17,18). The normalized spacial score (nSPS) is 11.3. The van der Waals surface area contributed by atoms with Crippen molar-refractivity contribution in [3.63, 3.8) is 0 Å². The Morgan fingerprint density at radius 3 is 2.52 bits per heavy atom. The number of benzene rings is 2. The number of hydrogen-bond donors (Lipinski definition) is 1. The van der Waals surface area contributed by atoms with E-state index in [1.165, 1.54) is 18.2 Å². The maximum absolute atomic E-state index is 12.5. The molecule has 110 valence electrons. The van der Waals surface area contributed by atoms with Crippen molar-refractivity contribution in [1.82, 2.24) is 0 Å². The fourth-order valence-electron chi connectivity index (χ4n) is 2.03. The van der Waals surface area contributed by atoms with Crippen LogP contribution >= 0.6 is 15.9 Å². The molecule has 0 atom stereocenters. The molecule has 0 aliphatic heterocycles. The van der Waals surface area contributed by atoms with E-state index in [1.807, 2.05) is 13.0 Å². The predicted molar refractivity (Wildman–Crippen MR) is 83.2 cm³/mol. The summed E-state index contributed by atoms with van der Waals surface area (Å²) in [5, 5.41) is 9.15. The van der Waals surface area contributed by atoms with E-state index in [4.69, 9.17) is 5.11 Å². The second kappa shape index (κ2) is 5.99. The molecule has 0 saturated heterocycles. The van der Waals surface area contributed by atoms with E-state index >= 15 is 0 Å². The number of aromatic carboxylic acids is 1. The molecule has 2 aromatic rings. The summed E-state index contributed by atoms with van der Waals surface area (Å²) in [7, 11) is -3.74. The molecule has 2 rings (SSSR count). The van der Waals surface area contributed by atoms with Gasteiger partial charge in [0.05, 0.1) is 16.2 Å².